The van der Waals surface area contributed by atoms with Gasteiger partial charge in [-0.2, -0.15) is 0 Å². The second-order valence-electron chi connectivity index (χ2n) is 5.06. The molecule has 4 aromatic rings. The minimum atomic E-state index is 0.528. The molecule has 0 amide bonds. The molecule has 0 spiro atoms. The number of rotatable bonds is 3. The van der Waals surface area contributed by atoms with Gasteiger partial charge in [-0.1, -0.05) is 23.9 Å². The normalized spacial score (nSPS) is 11.3. The first-order valence-corrected chi connectivity index (χ1v) is 8.93. The van der Waals surface area contributed by atoms with Crippen LogP contribution in [0.2, 0.25) is 0 Å². The van der Waals surface area contributed by atoms with Gasteiger partial charge in [-0.05, 0) is 30.5 Å². The predicted molar refractivity (Wildman–Crippen MR) is 95.7 cm³/mol. The fourth-order valence-corrected chi connectivity index (χ4v) is 4.00. The molecule has 7 heteroatoms. The third kappa shape index (κ3) is 2.73. The van der Waals surface area contributed by atoms with Crippen molar-refractivity contribution in [3.05, 3.63) is 47.1 Å². The zero-order valence-corrected chi connectivity index (χ0v) is 14.0. The summed E-state index contributed by atoms with van der Waals surface area (Å²) in [6.45, 7) is 1.98. The van der Waals surface area contributed by atoms with Crippen molar-refractivity contribution in [1.29, 1.82) is 0 Å². The maximum absolute atomic E-state index is 5.99. The topological polar surface area (TPSA) is 77.6 Å². The van der Waals surface area contributed by atoms with E-state index in [0.717, 1.165) is 32.6 Å². The van der Waals surface area contributed by atoms with Crippen LogP contribution >= 0.6 is 23.1 Å². The zero-order valence-electron chi connectivity index (χ0n) is 12.4. The molecule has 0 fully saturated rings. The number of aryl methyl sites for hydroxylation is 1. The number of para-hydroxylation sites is 2. The van der Waals surface area contributed by atoms with Gasteiger partial charge in [-0.15, -0.1) is 11.3 Å². The van der Waals surface area contributed by atoms with Crippen molar-refractivity contribution < 1.29 is 0 Å². The van der Waals surface area contributed by atoms with Gasteiger partial charge in [0.2, 0.25) is 0 Å². The van der Waals surface area contributed by atoms with Gasteiger partial charge in [0.25, 0.3) is 0 Å². The summed E-state index contributed by atoms with van der Waals surface area (Å²) in [5, 5.41) is 3.57. The van der Waals surface area contributed by atoms with E-state index < -0.39 is 0 Å². The molecule has 114 valence electrons. The first-order valence-electron chi connectivity index (χ1n) is 7.06. The third-order valence-electron chi connectivity index (χ3n) is 3.51. The molecule has 0 atom stereocenters. The van der Waals surface area contributed by atoms with Crippen LogP contribution in [0.1, 0.15) is 11.4 Å². The van der Waals surface area contributed by atoms with Gasteiger partial charge >= 0.3 is 0 Å². The lowest BCUT2D eigenvalue weighted by atomic mass is 10.2. The molecule has 1 aromatic carbocycles. The van der Waals surface area contributed by atoms with Crippen molar-refractivity contribution in [2.24, 2.45) is 0 Å². The van der Waals surface area contributed by atoms with E-state index in [4.69, 9.17) is 10.7 Å². The molecule has 0 saturated heterocycles. The number of hydrogen-bond donors (Lipinski definition) is 1. The highest BCUT2D eigenvalue weighted by Crippen LogP contribution is 2.28. The first-order chi connectivity index (χ1) is 11.2. The van der Waals surface area contributed by atoms with Crippen LogP contribution in [0.4, 0.5) is 5.82 Å². The van der Waals surface area contributed by atoms with Gasteiger partial charge in [0.05, 0.1) is 27.8 Å². The van der Waals surface area contributed by atoms with Crippen LogP contribution in [0.15, 0.2) is 40.9 Å². The number of nitrogens with zero attached hydrogens (tertiary/aromatic N) is 4. The smallest absolute Gasteiger partial charge is 0.191 e. The molecule has 0 aliphatic rings. The Morgan fingerprint density at radius 3 is 2.65 bits per heavy atom. The molecule has 0 bridgehead atoms. The van der Waals surface area contributed by atoms with Crippen molar-refractivity contribution >= 4 is 50.2 Å². The van der Waals surface area contributed by atoms with E-state index in [9.17, 15) is 0 Å². The molecule has 4 rings (SSSR count). The van der Waals surface area contributed by atoms with Crippen LogP contribution in [0.3, 0.4) is 0 Å². The summed E-state index contributed by atoms with van der Waals surface area (Å²) in [5.41, 5.74) is 9.69. The van der Waals surface area contributed by atoms with Gasteiger partial charge in [0, 0.05) is 5.75 Å². The number of hydrogen-bond acceptors (Lipinski definition) is 7. The Bertz CT molecular complexity index is 1010. The number of aromatic nitrogens is 4. The van der Waals surface area contributed by atoms with Crippen LogP contribution in [0, 0.1) is 6.92 Å². The largest absolute Gasteiger partial charge is 0.383 e. The molecule has 0 unspecified atom stereocenters. The fraction of sp³-hybridized carbons (Fsp3) is 0.125. The highest BCUT2D eigenvalue weighted by molar-refractivity contribution is 7.98. The Hall–Kier alpha value is -2.25. The van der Waals surface area contributed by atoms with Gasteiger partial charge in [-0.25, -0.2) is 19.9 Å². The Morgan fingerprint density at radius 2 is 1.83 bits per heavy atom. The molecule has 0 aliphatic carbocycles. The second-order valence-corrected chi connectivity index (χ2v) is 6.90. The van der Waals surface area contributed by atoms with Crippen LogP contribution in [-0.2, 0) is 5.75 Å². The SMILES string of the molecule is Cc1nc2ccccc2nc1CSc1nc(N)c2ccsc2n1. The van der Waals surface area contributed by atoms with Gasteiger partial charge in [-0.3, -0.25) is 0 Å². The lowest BCUT2D eigenvalue weighted by molar-refractivity contribution is 1.01. The van der Waals surface area contributed by atoms with Crippen molar-refractivity contribution in [3.63, 3.8) is 0 Å². The van der Waals surface area contributed by atoms with E-state index in [-0.39, 0.29) is 0 Å². The zero-order chi connectivity index (χ0) is 15.8. The molecule has 3 heterocycles. The summed E-state index contributed by atoms with van der Waals surface area (Å²) in [6, 6.07) is 9.83. The van der Waals surface area contributed by atoms with E-state index in [2.05, 4.69) is 15.0 Å². The van der Waals surface area contributed by atoms with Gasteiger partial charge in [0.1, 0.15) is 10.6 Å². The maximum atomic E-state index is 5.99. The number of nitrogen functional groups attached to an aromatic ring is 1. The molecule has 2 N–H and O–H groups in total. The fourth-order valence-electron chi connectivity index (χ4n) is 2.32. The van der Waals surface area contributed by atoms with Crippen LogP contribution in [0.25, 0.3) is 21.3 Å². The summed E-state index contributed by atoms with van der Waals surface area (Å²) in [7, 11) is 0. The Kier molecular flexibility index (Phi) is 3.59. The van der Waals surface area contributed by atoms with Crippen molar-refractivity contribution in [2.45, 2.75) is 17.8 Å². The lowest BCUT2D eigenvalue weighted by Crippen LogP contribution is -1.99. The highest BCUT2D eigenvalue weighted by Gasteiger charge is 2.10. The number of nitrogens with two attached hydrogens (primary N) is 1. The van der Waals surface area contributed by atoms with E-state index in [0.29, 0.717) is 16.7 Å². The van der Waals surface area contributed by atoms with Crippen molar-refractivity contribution in [3.8, 4) is 0 Å². The van der Waals surface area contributed by atoms with Crippen molar-refractivity contribution in [1.82, 2.24) is 19.9 Å². The Balaban J connectivity index is 1.63. The number of benzene rings is 1. The summed E-state index contributed by atoms with van der Waals surface area (Å²) in [5.74, 6) is 1.19. The molecule has 23 heavy (non-hydrogen) atoms. The quantitative estimate of drug-likeness (QED) is 0.452. The Morgan fingerprint density at radius 1 is 1.04 bits per heavy atom. The third-order valence-corrected chi connectivity index (χ3v) is 5.18. The van der Waals surface area contributed by atoms with Crippen LogP contribution in [0.5, 0.6) is 0 Å². The summed E-state index contributed by atoms with van der Waals surface area (Å²) in [4.78, 5) is 19.1. The molecular formula is C16H13N5S2. The minimum absolute atomic E-state index is 0.528. The highest BCUT2D eigenvalue weighted by atomic mass is 32.2. The molecule has 3 aromatic heterocycles. The van der Waals surface area contributed by atoms with E-state index >= 15 is 0 Å². The number of thioether (sulfide) groups is 1. The summed E-state index contributed by atoms with van der Waals surface area (Å²) < 4.78 is 0. The maximum Gasteiger partial charge on any atom is 0.191 e. The van der Waals surface area contributed by atoms with E-state index in [1.165, 1.54) is 11.8 Å². The molecule has 5 nitrogen and oxygen atoms in total. The average Bonchev–Trinajstić information content (AvgIpc) is 3.02. The lowest BCUT2D eigenvalue weighted by Gasteiger charge is -2.06. The molecule has 0 aliphatic heterocycles. The van der Waals surface area contributed by atoms with Crippen LogP contribution < -0.4 is 5.73 Å². The number of thiophene rings is 1. The van der Waals surface area contributed by atoms with Crippen molar-refractivity contribution in [2.75, 3.05) is 5.73 Å². The number of anilines is 1. The monoisotopic (exact) mass is 339 g/mol. The Labute approximate surface area is 141 Å². The summed E-state index contributed by atoms with van der Waals surface area (Å²) in [6.07, 6.45) is 0. The second kappa shape index (κ2) is 5.75. The van der Waals surface area contributed by atoms with E-state index in [1.807, 2.05) is 42.6 Å². The van der Waals surface area contributed by atoms with Gasteiger partial charge < -0.3 is 5.73 Å². The molecular weight excluding hydrogens is 326 g/mol. The summed E-state index contributed by atoms with van der Waals surface area (Å²) >= 11 is 3.10. The number of fused-ring (bicyclic) bond motifs is 2. The predicted octanol–water partition coefficient (Wildman–Crippen LogP) is 3.82. The van der Waals surface area contributed by atoms with Gasteiger partial charge in [0.15, 0.2) is 5.16 Å². The minimum Gasteiger partial charge on any atom is -0.383 e. The standard InChI is InChI=1S/C16H13N5S2/c1-9-13(19-12-5-3-2-4-11(12)18-9)8-23-16-20-14(17)10-6-7-22-15(10)21-16/h2-7H,8H2,1H3,(H2,17,20,21). The van der Waals surface area contributed by atoms with Crippen LogP contribution in [-0.4, -0.2) is 19.9 Å². The molecule has 0 radical (unpaired) electrons. The average molecular weight is 339 g/mol. The van der Waals surface area contributed by atoms with E-state index in [1.54, 1.807) is 11.3 Å². The molecule has 0 saturated carbocycles. The first kappa shape index (κ1) is 14.3.